The highest BCUT2D eigenvalue weighted by molar-refractivity contribution is 7.13. The van der Waals surface area contributed by atoms with Crippen LogP contribution in [-0.4, -0.2) is 40.0 Å². The highest BCUT2D eigenvalue weighted by Crippen LogP contribution is 2.24. The van der Waals surface area contributed by atoms with Crippen LogP contribution >= 0.6 is 11.3 Å². The van der Waals surface area contributed by atoms with E-state index in [0.717, 1.165) is 0 Å². The van der Waals surface area contributed by atoms with E-state index < -0.39 is 12.0 Å². The first-order chi connectivity index (χ1) is 9.49. The van der Waals surface area contributed by atoms with E-state index in [9.17, 15) is 9.59 Å². The molecular weight excluding hydrogens is 280 g/mol. The van der Waals surface area contributed by atoms with E-state index in [1.165, 1.54) is 30.2 Å². The maximum Gasteiger partial charge on any atom is 0.326 e. The molecule has 0 spiro atoms. The number of rotatable bonds is 5. The van der Waals surface area contributed by atoms with Gasteiger partial charge in [0.2, 0.25) is 5.91 Å². The lowest BCUT2D eigenvalue weighted by Crippen LogP contribution is -2.41. The van der Waals surface area contributed by atoms with Crippen LogP contribution in [0.4, 0.5) is 0 Å². The Kier molecular flexibility index (Phi) is 4.19. The van der Waals surface area contributed by atoms with Gasteiger partial charge in [0.05, 0.1) is 18.4 Å². The van der Waals surface area contributed by atoms with Crippen molar-refractivity contribution in [1.82, 2.24) is 9.88 Å². The van der Waals surface area contributed by atoms with Crippen LogP contribution in [0.3, 0.4) is 0 Å². The van der Waals surface area contributed by atoms with Gasteiger partial charge in [-0.25, -0.2) is 9.78 Å². The largest absolute Gasteiger partial charge is 0.480 e. The van der Waals surface area contributed by atoms with Gasteiger partial charge in [-0.2, -0.15) is 0 Å². The molecule has 1 unspecified atom stereocenters. The number of thiazole rings is 1. The Balaban J connectivity index is 2.04. The average molecular weight is 294 g/mol. The number of hydrogen-bond acceptors (Lipinski definition) is 5. The second kappa shape index (κ2) is 5.87. The Bertz CT molecular complexity index is 606. The van der Waals surface area contributed by atoms with Crippen molar-refractivity contribution in [2.24, 2.45) is 0 Å². The fraction of sp³-hybridized carbons (Fsp3) is 0.308. The summed E-state index contributed by atoms with van der Waals surface area (Å²) in [6.45, 7) is 1.47. The summed E-state index contributed by atoms with van der Waals surface area (Å²) in [6.07, 6.45) is 1.63. The molecule has 6 nitrogen and oxygen atoms in total. The topological polar surface area (TPSA) is 83.6 Å². The minimum absolute atomic E-state index is 0.0747. The lowest BCUT2D eigenvalue weighted by atomic mass is 10.2. The summed E-state index contributed by atoms with van der Waals surface area (Å²) in [5.74, 6) is -0.660. The molecule has 0 saturated heterocycles. The third kappa shape index (κ3) is 3.05. The number of carboxylic acid groups (broad SMARTS) is 1. The monoisotopic (exact) mass is 294 g/mol. The van der Waals surface area contributed by atoms with E-state index in [0.29, 0.717) is 16.5 Å². The Morgan fingerprint density at radius 2 is 2.30 bits per heavy atom. The smallest absolute Gasteiger partial charge is 0.326 e. The van der Waals surface area contributed by atoms with E-state index >= 15 is 0 Å². The molecule has 0 fully saturated rings. The van der Waals surface area contributed by atoms with Gasteiger partial charge in [-0.05, 0) is 19.1 Å². The number of nitrogens with zero attached hydrogens (tertiary/aromatic N) is 2. The molecule has 2 aromatic heterocycles. The van der Waals surface area contributed by atoms with E-state index in [1.54, 1.807) is 23.8 Å². The molecule has 20 heavy (non-hydrogen) atoms. The number of aromatic nitrogens is 1. The van der Waals surface area contributed by atoms with Gasteiger partial charge < -0.3 is 14.4 Å². The molecule has 2 aromatic rings. The van der Waals surface area contributed by atoms with Gasteiger partial charge >= 0.3 is 5.97 Å². The zero-order chi connectivity index (χ0) is 14.7. The maximum atomic E-state index is 12.0. The molecular formula is C13H14N2O4S. The van der Waals surface area contributed by atoms with Crippen molar-refractivity contribution in [2.45, 2.75) is 19.4 Å². The molecule has 0 bridgehead atoms. The van der Waals surface area contributed by atoms with Gasteiger partial charge in [-0.15, -0.1) is 11.3 Å². The quantitative estimate of drug-likeness (QED) is 0.910. The lowest BCUT2D eigenvalue weighted by molar-refractivity contribution is -0.148. The lowest BCUT2D eigenvalue weighted by Gasteiger charge is -2.20. The molecule has 0 aliphatic heterocycles. The Labute approximate surface area is 119 Å². The van der Waals surface area contributed by atoms with E-state index in [1.807, 2.05) is 0 Å². The van der Waals surface area contributed by atoms with Crippen molar-refractivity contribution >= 4 is 23.2 Å². The standard InChI is InChI=1S/C13H14N2O4S/c1-8(13(17)18)15(2)11(16)6-9-7-20-12(14-9)10-4-3-5-19-10/h3-5,7-8H,6H2,1-2H3,(H,17,18). The number of furan rings is 1. The van der Waals surface area contributed by atoms with Gasteiger partial charge in [-0.1, -0.05) is 0 Å². The number of hydrogen-bond donors (Lipinski definition) is 1. The molecule has 7 heteroatoms. The molecule has 1 atom stereocenters. The zero-order valence-electron chi connectivity index (χ0n) is 11.1. The predicted molar refractivity (Wildman–Crippen MR) is 73.4 cm³/mol. The number of carbonyl (C=O) groups excluding carboxylic acids is 1. The van der Waals surface area contributed by atoms with Crippen LogP contribution in [0.15, 0.2) is 28.2 Å². The summed E-state index contributed by atoms with van der Waals surface area (Å²) < 4.78 is 5.23. The Morgan fingerprint density at radius 1 is 1.55 bits per heavy atom. The van der Waals surface area contributed by atoms with Crippen LogP contribution in [0.5, 0.6) is 0 Å². The molecule has 0 saturated carbocycles. The summed E-state index contributed by atoms with van der Waals surface area (Å²) >= 11 is 1.38. The number of amides is 1. The normalized spacial score (nSPS) is 12.1. The number of likely N-dealkylation sites (N-methyl/N-ethyl adjacent to an activating group) is 1. The van der Waals surface area contributed by atoms with Crippen molar-refractivity contribution in [3.8, 4) is 10.8 Å². The first-order valence-electron chi connectivity index (χ1n) is 5.95. The van der Waals surface area contributed by atoms with Gasteiger partial charge in [0.25, 0.3) is 0 Å². The summed E-state index contributed by atoms with van der Waals surface area (Å²) in [6, 6.07) is 2.71. The van der Waals surface area contributed by atoms with Gasteiger partial charge in [-0.3, -0.25) is 4.79 Å². The molecule has 2 rings (SSSR count). The fourth-order valence-electron chi connectivity index (χ4n) is 1.56. The van der Waals surface area contributed by atoms with Crippen LogP contribution in [0.1, 0.15) is 12.6 Å². The summed E-state index contributed by atoms with van der Waals surface area (Å²) in [5, 5.41) is 11.4. The minimum atomic E-state index is -1.03. The third-order valence-electron chi connectivity index (χ3n) is 2.95. The van der Waals surface area contributed by atoms with Crippen molar-refractivity contribution in [3.63, 3.8) is 0 Å². The van der Waals surface area contributed by atoms with Crippen molar-refractivity contribution in [3.05, 3.63) is 29.5 Å². The van der Waals surface area contributed by atoms with E-state index in [-0.39, 0.29) is 12.3 Å². The van der Waals surface area contributed by atoms with Crippen molar-refractivity contribution < 1.29 is 19.1 Å². The second-order valence-electron chi connectivity index (χ2n) is 4.32. The Hall–Kier alpha value is -2.15. The number of carboxylic acids is 1. The fourth-order valence-corrected chi connectivity index (χ4v) is 2.35. The molecule has 0 radical (unpaired) electrons. The molecule has 1 amide bonds. The van der Waals surface area contributed by atoms with Crippen LogP contribution < -0.4 is 0 Å². The SMILES string of the molecule is CC(C(=O)O)N(C)C(=O)Cc1csc(-c2ccco2)n1. The highest BCUT2D eigenvalue weighted by Gasteiger charge is 2.22. The minimum Gasteiger partial charge on any atom is -0.480 e. The third-order valence-corrected chi connectivity index (χ3v) is 3.85. The maximum absolute atomic E-state index is 12.0. The summed E-state index contributed by atoms with van der Waals surface area (Å²) in [5.41, 5.74) is 0.607. The summed E-state index contributed by atoms with van der Waals surface area (Å²) in [4.78, 5) is 28.3. The highest BCUT2D eigenvalue weighted by atomic mass is 32.1. The van der Waals surface area contributed by atoms with E-state index in [2.05, 4.69) is 4.98 Å². The molecule has 0 aromatic carbocycles. The van der Waals surface area contributed by atoms with Crippen LogP contribution in [0.2, 0.25) is 0 Å². The van der Waals surface area contributed by atoms with Gasteiger partial charge in [0, 0.05) is 12.4 Å². The van der Waals surface area contributed by atoms with Crippen molar-refractivity contribution in [1.29, 1.82) is 0 Å². The molecule has 0 aliphatic rings. The molecule has 106 valence electrons. The molecule has 1 N–H and O–H groups in total. The first-order valence-corrected chi connectivity index (χ1v) is 6.83. The molecule has 0 aliphatic carbocycles. The average Bonchev–Trinajstić information content (AvgIpc) is 3.06. The second-order valence-corrected chi connectivity index (χ2v) is 5.18. The van der Waals surface area contributed by atoms with Crippen LogP contribution in [0, 0.1) is 0 Å². The van der Waals surface area contributed by atoms with Crippen molar-refractivity contribution in [2.75, 3.05) is 7.05 Å². The predicted octanol–water partition coefficient (Wildman–Crippen LogP) is 1.88. The van der Waals surface area contributed by atoms with Gasteiger partial charge in [0.15, 0.2) is 10.8 Å². The van der Waals surface area contributed by atoms with Gasteiger partial charge in [0.1, 0.15) is 6.04 Å². The van der Waals surface area contributed by atoms with Crippen LogP contribution in [-0.2, 0) is 16.0 Å². The van der Waals surface area contributed by atoms with E-state index in [4.69, 9.17) is 9.52 Å². The van der Waals surface area contributed by atoms with Crippen LogP contribution in [0.25, 0.3) is 10.8 Å². The first kappa shape index (κ1) is 14.3. The molecule has 2 heterocycles. The summed E-state index contributed by atoms with van der Waals surface area (Å²) in [7, 11) is 1.47. The number of aliphatic carboxylic acids is 1. The number of carbonyl (C=O) groups is 2. The zero-order valence-corrected chi connectivity index (χ0v) is 11.9. The Morgan fingerprint density at radius 3 is 2.90 bits per heavy atom.